The van der Waals surface area contributed by atoms with E-state index in [1.165, 1.54) is 0 Å². The first kappa shape index (κ1) is 18.5. The lowest BCUT2D eigenvalue weighted by atomic mass is 10.2. The van der Waals surface area contributed by atoms with Crippen LogP contribution in [-0.2, 0) is 0 Å². The lowest BCUT2D eigenvalue weighted by Gasteiger charge is -2.34. The maximum Gasteiger partial charge on any atom is 0.255 e. The van der Waals surface area contributed by atoms with Gasteiger partial charge in [-0.25, -0.2) is 9.97 Å². The normalized spacial score (nSPS) is 14.3. The minimum absolute atomic E-state index is 0.0127. The van der Waals surface area contributed by atoms with Gasteiger partial charge in [0.2, 0.25) is 5.95 Å². The molecule has 0 aliphatic carbocycles. The monoisotopic (exact) mass is 419 g/mol. The lowest BCUT2D eigenvalue weighted by Crippen LogP contribution is -2.49. The Kier molecular flexibility index (Phi) is 4.76. The molecule has 150 valence electrons. The molecule has 4 heterocycles. The van der Waals surface area contributed by atoms with Gasteiger partial charge in [0.05, 0.1) is 5.56 Å². The standard InChI is InChI=1S/C21H18ClN7O/c22-17-5-2-15(3-6-17)19-26-25-18-7-4-16(14-29(18)19)20(30)27-10-12-28(13-11-27)21-23-8-1-9-24-21/h1-9,14H,10-13H2. The van der Waals surface area contributed by atoms with Crippen LogP contribution in [0.2, 0.25) is 5.02 Å². The molecule has 0 N–H and O–H groups in total. The van der Waals surface area contributed by atoms with E-state index in [2.05, 4.69) is 25.1 Å². The van der Waals surface area contributed by atoms with Gasteiger partial charge in [-0.15, -0.1) is 10.2 Å². The summed E-state index contributed by atoms with van der Waals surface area (Å²) in [6.07, 6.45) is 5.26. The van der Waals surface area contributed by atoms with E-state index in [-0.39, 0.29) is 5.91 Å². The van der Waals surface area contributed by atoms with E-state index in [1.807, 2.05) is 39.6 Å². The van der Waals surface area contributed by atoms with Crippen molar-refractivity contribution in [3.8, 4) is 11.4 Å². The van der Waals surface area contributed by atoms with Gasteiger partial charge in [-0.05, 0) is 42.5 Å². The number of aromatic nitrogens is 5. The molecule has 0 unspecified atom stereocenters. The molecule has 1 aliphatic rings. The molecule has 0 saturated carbocycles. The van der Waals surface area contributed by atoms with E-state index in [9.17, 15) is 4.79 Å². The number of pyridine rings is 1. The molecule has 0 bridgehead atoms. The summed E-state index contributed by atoms with van der Waals surface area (Å²) in [7, 11) is 0. The highest BCUT2D eigenvalue weighted by Crippen LogP contribution is 2.22. The van der Waals surface area contributed by atoms with Crippen molar-refractivity contribution < 1.29 is 4.79 Å². The van der Waals surface area contributed by atoms with Gasteiger partial charge in [-0.1, -0.05) is 11.6 Å². The summed E-state index contributed by atoms with van der Waals surface area (Å²) >= 11 is 5.99. The summed E-state index contributed by atoms with van der Waals surface area (Å²) in [5.41, 5.74) is 2.16. The zero-order chi connectivity index (χ0) is 20.5. The fraction of sp³-hybridized carbons (Fsp3) is 0.190. The van der Waals surface area contributed by atoms with Crippen LogP contribution in [-0.4, -0.2) is 61.6 Å². The van der Waals surface area contributed by atoms with Gasteiger partial charge >= 0.3 is 0 Å². The second-order valence-corrected chi connectivity index (χ2v) is 7.44. The number of rotatable bonds is 3. The SMILES string of the molecule is O=C(c1ccc2nnc(-c3ccc(Cl)cc3)n2c1)N1CCN(c2ncccn2)CC1. The number of hydrogen-bond acceptors (Lipinski definition) is 6. The Morgan fingerprint density at radius 3 is 2.37 bits per heavy atom. The van der Waals surface area contributed by atoms with Crippen LogP contribution < -0.4 is 4.90 Å². The fourth-order valence-electron chi connectivity index (χ4n) is 3.56. The summed E-state index contributed by atoms with van der Waals surface area (Å²) in [6, 6.07) is 12.8. The van der Waals surface area contributed by atoms with Crippen LogP contribution in [0.5, 0.6) is 0 Å². The predicted octanol–water partition coefficient (Wildman–Crippen LogP) is 2.80. The molecular weight excluding hydrogens is 402 g/mol. The number of carbonyl (C=O) groups is 1. The topological polar surface area (TPSA) is 79.5 Å². The molecule has 4 aromatic rings. The summed E-state index contributed by atoms with van der Waals surface area (Å²) < 4.78 is 1.84. The molecule has 1 saturated heterocycles. The molecule has 1 aliphatic heterocycles. The van der Waals surface area contributed by atoms with Gasteiger partial charge in [0, 0.05) is 55.4 Å². The Hall–Kier alpha value is -3.52. The Bertz CT molecular complexity index is 1190. The molecule has 8 nitrogen and oxygen atoms in total. The van der Waals surface area contributed by atoms with Crippen molar-refractivity contribution in [2.24, 2.45) is 0 Å². The summed E-state index contributed by atoms with van der Waals surface area (Å²) in [5.74, 6) is 1.35. The highest BCUT2D eigenvalue weighted by Gasteiger charge is 2.24. The van der Waals surface area contributed by atoms with Gasteiger partial charge in [0.1, 0.15) is 0 Å². The molecule has 5 rings (SSSR count). The van der Waals surface area contributed by atoms with Crippen LogP contribution in [0.1, 0.15) is 10.4 Å². The van der Waals surface area contributed by atoms with Gasteiger partial charge in [0.15, 0.2) is 11.5 Å². The van der Waals surface area contributed by atoms with Crippen LogP contribution in [0.4, 0.5) is 5.95 Å². The second kappa shape index (κ2) is 7.72. The minimum atomic E-state index is -0.0127. The van der Waals surface area contributed by atoms with Crippen molar-refractivity contribution in [1.82, 2.24) is 29.5 Å². The molecule has 30 heavy (non-hydrogen) atoms. The maximum absolute atomic E-state index is 13.1. The van der Waals surface area contributed by atoms with E-state index in [0.717, 1.165) is 5.56 Å². The summed E-state index contributed by atoms with van der Waals surface area (Å²) in [4.78, 5) is 25.6. The molecule has 1 fully saturated rings. The average molecular weight is 420 g/mol. The van der Waals surface area contributed by atoms with Gasteiger partial charge in [0.25, 0.3) is 5.91 Å². The third-order valence-electron chi connectivity index (χ3n) is 5.15. The van der Waals surface area contributed by atoms with E-state index in [4.69, 9.17) is 11.6 Å². The van der Waals surface area contributed by atoms with Crippen LogP contribution in [0.15, 0.2) is 61.1 Å². The molecule has 0 radical (unpaired) electrons. The number of nitrogens with zero attached hydrogens (tertiary/aromatic N) is 7. The zero-order valence-electron chi connectivity index (χ0n) is 16.0. The molecular formula is C21H18ClN7O. The van der Waals surface area contributed by atoms with Crippen molar-refractivity contribution in [2.45, 2.75) is 0 Å². The molecule has 0 spiro atoms. The quantitative estimate of drug-likeness (QED) is 0.508. The fourth-order valence-corrected chi connectivity index (χ4v) is 3.69. The number of benzene rings is 1. The Labute approximate surface area is 177 Å². The van der Waals surface area contributed by atoms with Crippen LogP contribution >= 0.6 is 11.6 Å². The highest BCUT2D eigenvalue weighted by molar-refractivity contribution is 6.30. The molecule has 0 atom stereocenters. The molecule has 1 aromatic carbocycles. The number of piperazine rings is 1. The van der Waals surface area contributed by atoms with Crippen LogP contribution in [0, 0.1) is 0 Å². The highest BCUT2D eigenvalue weighted by atomic mass is 35.5. The summed E-state index contributed by atoms with van der Waals surface area (Å²) in [6.45, 7) is 2.62. The van der Waals surface area contributed by atoms with Crippen molar-refractivity contribution >= 4 is 29.1 Å². The van der Waals surface area contributed by atoms with E-state index < -0.39 is 0 Å². The molecule has 3 aromatic heterocycles. The molecule has 1 amide bonds. The van der Waals surface area contributed by atoms with Crippen molar-refractivity contribution in [3.63, 3.8) is 0 Å². The zero-order valence-corrected chi connectivity index (χ0v) is 16.8. The second-order valence-electron chi connectivity index (χ2n) is 7.00. The number of fused-ring (bicyclic) bond motifs is 1. The van der Waals surface area contributed by atoms with Crippen molar-refractivity contribution in [2.75, 3.05) is 31.1 Å². The maximum atomic E-state index is 13.1. The largest absolute Gasteiger partial charge is 0.337 e. The molecule has 9 heteroatoms. The van der Waals surface area contributed by atoms with E-state index >= 15 is 0 Å². The predicted molar refractivity (Wildman–Crippen MR) is 114 cm³/mol. The number of carbonyl (C=O) groups excluding carboxylic acids is 1. The summed E-state index contributed by atoms with van der Waals surface area (Å²) in [5, 5.41) is 9.14. The van der Waals surface area contributed by atoms with E-state index in [1.54, 1.807) is 30.7 Å². The first-order chi connectivity index (χ1) is 14.7. The number of hydrogen-bond donors (Lipinski definition) is 0. The van der Waals surface area contributed by atoms with Crippen molar-refractivity contribution in [1.29, 1.82) is 0 Å². The average Bonchev–Trinajstić information content (AvgIpc) is 3.23. The van der Waals surface area contributed by atoms with Gasteiger partial charge in [-0.2, -0.15) is 0 Å². The number of anilines is 1. The Balaban J connectivity index is 1.36. The first-order valence-corrected chi connectivity index (χ1v) is 9.99. The first-order valence-electron chi connectivity index (χ1n) is 9.61. The van der Waals surface area contributed by atoms with E-state index in [0.29, 0.717) is 54.2 Å². The lowest BCUT2D eigenvalue weighted by molar-refractivity contribution is 0.0745. The Morgan fingerprint density at radius 2 is 1.63 bits per heavy atom. The Morgan fingerprint density at radius 1 is 0.900 bits per heavy atom. The van der Waals surface area contributed by atoms with Gasteiger partial charge < -0.3 is 9.80 Å². The number of halogens is 1. The van der Waals surface area contributed by atoms with Crippen LogP contribution in [0.3, 0.4) is 0 Å². The minimum Gasteiger partial charge on any atom is -0.337 e. The number of amides is 1. The third-order valence-corrected chi connectivity index (χ3v) is 5.41. The third kappa shape index (κ3) is 3.46. The van der Waals surface area contributed by atoms with Gasteiger partial charge in [-0.3, -0.25) is 9.20 Å². The smallest absolute Gasteiger partial charge is 0.255 e. The van der Waals surface area contributed by atoms with Crippen molar-refractivity contribution in [3.05, 3.63) is 71.6 Å². The van der Waals surface area contributed by atoms with Crippen LogP contribution in [0.25, 0.3) is 17.0 Å².